The van der Waals surface area contributed by atoms with E-state index < -0.39 is 0 Å². The fourth-order valence-electron chi connectivity index (χ4n) is 2.95. The lowest BCUT2D eigenvalue weighted by Gasteiger charge is -2.25. The molecule has 0 aliphatic rings. The van der Waals surface area contributed by atoms with Crippen LogP contribution >= 0.6 is 0 Å². The van der Waals surface area contributed by atoms with E-state index >= 15 is 0 Å². The largest absolute Gasteiger partial charge is 0.497 e. The van der Waals surface area contributed by atoms with Gasteiger partial charge in [0.2, 0.25) is 0 Å². The number of benzene rings is 2. The average Bonchev–Trinajstić information content (AvgIpc) is 2.46. The Morgan fingerprint density at radius 2 is 1.67 bits per heavy atom. The molecule has 0 saturated carbocycles. The van der Waals surface area contributed by atoms with Gasteiger partial charge in [0, 0.05) is 0 Å². The van der Waals surface area contributed by atoms with Crippen LogP contribution < -0.4 is 10.1 Å². The van der Waals surface area contributed by atoms with Crippen molar-refractivity contribution in [2.45, 2.75) is 33.7 Å². The van der Waals surface area contributed by atoms with Gasteiger partial charge in [-0.2, -0.15) is 0 Å². The Bertz CT molecular complexity index is 599. The molecule has 2 nitrogen and oxygen atoms in total. The second-order valence-corrected chi connectivity index (χ2v) is 5.52. The minimum Gasteiger partial charge on any atom is -0.497 e. The van der Waals surface area contributed by atoms with Gasteiger partial charge in [0.05, 0.1) is 13.2 Å². The van der Waals surface area contributed by atoms with Gasteiger partial charge in [-0.25, -0.2) is 0 Å². The number of nitrogens with one attached hydrogen (secondary N) is 1. The summed E-state index contributed by atoms with van der Waals surface area (Å²) in [5, 5.41) is 3.63. The van der Waals surface area contributed by atoms with E-state index in [1.807, 2.05) is 6.07 Å². The Morgan fingerprint density at radius 1 is 1.00 bits per heavy atom. The molecule has 2 aromatic rings. The van der Waals surface area contributed by atoms with Gasteiger partial charge in [-0.3, -0.25) is 0 Å². The summed E-state index contributed by atoms with van der Waals surface area (Å²) in [7, 11) is 1.71. The molecule has 0 spiro atoms. The third kappa shape index (κ3) is 3.27. The number of hydrogen-bond acceptors (Lipinski definition) is 2. The Labute approximate surface area is 128 Å². The van der Waals surface area contributed by atoms with Crippen molar-refractivity contribution in [2.24, 2.45) is 0 Å². The first-order chi connectivity index (χ1) is 10.1. The zero-order valence-corrected chi connectivity index (χ0v) is 13.7. The molecule has 0 fully saturated rings. The minimum absolute atomic E-state index is 0.224. The molecule has 1 N–H and O–H groups in total. The Balaban J connectivity index is 2.53. The SMILES string of the molecule is CCNC(c1ccc(OC)cc1C)c1c(C)cccc1C. The predicted octanol–water partition coefficient (Wildman–Crippen LogP) is 4.32. The van der Waals surface area contributed by atoms with Gasteiger partial charge in [-0.1, -0.05) is 31.2 Å². The summed E-state index contributed by atoms with van der Waals surface area (Å²) in [4.78, 5) is 0. The molecule has 0 heterocycles. The lowest BCUT2D eigenvalue weighted by Crippen LogP contribution is -2.24. The third-order valence-electron chi connectivity index (χ3n) is 4.03. The van der Waals surface area contributed by atoms with E-state index in [9.17, 15) is 0 Å². The summed E-state index contributed by atoms with van der Waals surface area (Å²) in [6, 6.07) is 13.0. The van der Waals surface area contributed by atoms with Crippen molar-refractivity contribution in [3.05, 3.63) is 64.2 Å². The second-order valence-electron chi connectivity index (χ2n) is 5.52. The fourth-order valence-corrected chi connectivity index (χ4v) is 2.95. The number of aryl methyl sites for hydroxylation is 3. The molecule has 0 aliphatic carbocycles. The van der Waals surface area contributed by atoms with Crippen molar-refractivity contribution in [3.63, 3.8) is 0 Å². The molecule has 2 aromatic carbocycles. The van der Waals surface area contributed by atoms with Crippen LogP contribution in [0.25, 0.3) is 0 Å². The van der Waals surface area contributed by atoms with E-state index in [2.05, 4.69) is 63.3 Å². The maximum atomic E-state index is 5.32. The lowest BCUT2D eigenvalue weighted by atomic mass is 9.89. The van der Waals surface area contributed by atoms with Crippen molar-refractivity contribution < 1.29 is 4.74 Å². The van der Waals surface area contributed by atoms with Crippen LogP contribution in [0.1, 0.15) is 40.8 Å². The summed E-state index contributed by atoms with van der Waals surface area (Å²) in [6.07, 6.45) is 0. The van der Waals surface area contributed by atoms with Gasteiger partial charge in [-0.15, -0.1) is 0 Å². The minimum atomic E-state index is 0.224. The summed E-state index contributed by atoms with van der Waals surface area (Å²) < 4.78 is 5.32. The zero-order valence-electron chi connectivity index (χ0n) is 13.7. The van der Waals surface area contributed by atoms with Crippen LogP contribution in [0.15, 0.2) is 36.4 Å². The van der Waals surface area contributed by atoms with Gasteiger partial charge < -0.3 is 10.1 Å². The molecule has 0 aromatic heterocycles. The summed E-state index contributed by atoms with van der Waals surface area (Å²) in [5.41, 5.74) is 6.61. The predicted molar refractivity (Wildman–Crippen MR) is 89.2 cm³/mol. The van der Waals surface area contributed by atoms with Gasteiger partial charge in [0.25, 0.3) is 0 Å². The fraction of sp³-hybridized carbons (Fsp3) is 0.368. The maximum absolute atomic E-state index is 5.32. The lowest BCUT2D eigenvalue weighted by molar-refractivity contribution is 0.414. The zero-order chi connectivity index (χ0) is 15.4. The highest BCUT2D eigenvalue weighted by Gasteiger charge is 2.19. The monoisotopic (exact) mass is 283 g/mol. The molecule has 0 bridgehead atoms. The van der Waals surface area contributed by atoms with Crippen LogP contribution in [-0.2, 0) is 0 Å². The highest BCUT2D eigenvalue weighted by Crippen LogP contribution is 2.31. The maximum Gasteiger partial charge on any atom is 0.119 e. The van der Waals surface area contributed by atoms with E-state index in [0.29, 0.717) is 0 Å². The molecule has 0 saturated heterocycles. The Kier molecular flexibility index (Phi) is 5.03. The molecule has 0 amide bonds. The molecule has 21 heavy (non-hydrogen) atoms. The second kappa shape index (κ2) is 6.77. The van der Waals surface area contributed by atoms with Gasteiger partial charge in [0.1, 0.15) is 5.75 Å². The van der Waals surface area contributed by atoms with Crippen LogP contribution in [-0.4, -0.2) is 13.7 Å². The Hall–Kier alpha value is -1.80. The highest BCUT2D eigenvalue weighted by atomic mass is 16.5. The molecule has 0 radical (unpaired) electrons. The molecular weight excluding hydrogens is 258 g/mol. The number of hydrogen-bond donors (Lipinski definition) is 1. The van der Waals surface area contributed by atoms with Crippen molar-refractivity contribution in [1.29, 1.82) is 0 Å². The van der Waals surface area contributed by atoms with Crippen molar-refractivity contribution in [3.8, 4) is 5.75 Å². The standard InChI is InChI=1S/C19H25NO/c1-6-20-19(18-13(2)8-7-9-14(18)3)17-11-10-16(21-5)12-15(17)4/h7-12,19-20H,6H2,1-5H3. The first-order valence-corrected chi connectivity index (χ1v) is 7.52. The number of rotatable bonds is 5. The van der Waals surface area contributed by atoms with Crippen molar-refractivity contribution in [1.82, 2.24) is 5.32 Å². The molecule has 1 atom stereocenters. The molecule has 112 valence electrons. The van der Waals surface area contributed by atoms with Crippen LogP contribution in [0.4, 0.5) is 0 Å². The first-order valence-electron chi connectivity index (χ1n) is 7.52. The number of methoxy groups -OCH3 is 1. The smallest absolute Gasteiger partial charge is 0.119 e. The van der Waals surface area contributed by atoms with Gasteiger partial charge in [-0.05, 0) is 67.3 Å². The quantitative estimate of drug-likeness (QED) is 0.882. The van der Waals surface area contributed by atoms with E-state index in [1.165, 1.54) is 27.8 Å². The molecule has 0 aliphatic heterocycles. The topological polar surface area (TPSA) is 21.3 Å². The summed E-state index contributed by atoms with van der Waals surface area (Å²) in [6.45, 7) is 9.61. The van der Waals surface area contributed by atoms with E-state index in [4.69, 9.17) is 4.74 Å². The van der Waals surface area contributed by atoms with E-state index in [-0.39, 0.29) is 6.04 Å². The van der Waals surface area contributed by atoms with Gasteiger partial charge in [0.15, 0.2) is 0 Å². The van der Waals surface area contributed by atoms with Crippen molar-refractivity contribution >= 4 is 0 Å². The first kappa shape index (κ1) is 15.6. The molecule has 1 unspecified atom stereocenters. The van der Waals surface area contributed by atoms with Crippen LogP contribution in [0, 0.1) is 20.8 Å². The molecule has 2 heteroatoms. The summed E-state index contributed by atoms with van der Waals surface area (Å²) in [5.74, 6) is 0.910. The summed E-state index contributed by atoms with van der Waals surface area (Å²) >= 11 is 0. The highest BCUT2D eigenvalue weighted by molar-refractivity contribution is 5.46. The Morgan fingerprint density at radius 3 is 2.19 bits per heavy atom. The van der Waals surface area contributed by atoms with Gasteiger partial charge >= 0.3 is 0 Å². The van der Waals surface area contributed by atoms with E-state index in [0.717, 1.165) is 12.3 Å². The molecular formula is C19H25NO. The van der Waals surface area contributed by atoms with Crippen LogP contribution in [0.3, 0.4) is 0 Å². The van der Waals surface area contributed by atoms with E-state index in [1.54, 1.807) is 7.11 Å². The molecule has 2 rings (SSSR count). The van der Waals surface area contributed by atoms with Crippen LogP contribution in [0.5, 0.6) is 5.75 Å². The third-order valence-corrected chi connectivity index (χ3v) is 4.03. The normalized spacial score (nSPS) is 12.2. The van der Waals surface area contributed by atoms with Crippen LogP contribution in [0.2, 0.25) is 0 Å². The van der Waals surface area contributed by atoms with Crippen molar-refractivity contribution in [2.75, 3.05) is 13.7 Å². The number of ether oxygens (including phenoxy) is 1. The average molecular weight is 283 g/mol.